The molecule has 22 heavy (non-hydrogen) atoms. The van der Waals surface area contributed by atoms with Gasteiger partial charge in [0.1, 0.15) is 24.4 Å². The fourth-order valence-corrected chi connectivity index (χ4v) is 2.56. The largest absolute Gasteiger partial charge is 0.394 e. The van der Waals surface area contributed by atoms with E-state index in [1.165, 1.54) is 19.3 Å². The van der Waals surface area contributed by atoms with Crippen LogP contribution in [0.1, 0.15) is 51.9 Å². The number of aliphatic hydroxyl groups excluding tert-OH is 3. The van der Waals surface area contributed by atoms with E-state index in [1.54, 1.807) is 0 Å². The zero-order valence-corrected chi connectivity index (χ0v) is 13.7. The molecule has 0 amide bonds. The molecule has 1 aliphatic rings. The van der Waals surface area contributed by atoms with E-state index in [4.69, 9.17) is 14.6 Å². The van der Waals surface area contributed by atoms with Crippen molar-refractivity contribution in [1.29, 1.82) is 0 Å². The molecular formula is C17H32O5. The fourth-order valence-electron chi connectivity index (χ4n) is 2.56. The molecule has 130 valence electrons. The first-order valence-electron chi connectivity index (χ1n) is 8.55. The summed E-state index contributed by atoms with van der Waals surface area (Å²) in [6, 6.07) is 0. The third-order valence-corrected chi connectivity index (χ3v) is 3.96. The Hall–Kier alpha value is -0.460. The van der Waals surface area contributed by atoms with Crippen molar-refractivity contribution < 1.29 is 24.8 Å². The van der Waals surface area contributed by atoms with Gasteiger partial charge >= 0.3 is 0 Å². The van der Waals surface area contributed by atoms with E-state index < -0.39 is 24.4 Å². The molecule has 0 spiro atoms. The molecule has 5 nitrogen and oxygen atoms in total. The standard InChI is InChI=1S/C17H32O5/c1-2-3-4-5-6-7-8-9-10-11-21-17-14(19)13-22-15(12-18)16(17)20/h4-5,14-20H,2-3,6-13H2,1H3/b5-4+/t14-,15+,16+,17+/m1/s1. The molecule has 1 saturated heterocycles. The van der Waals surface area contributed by atoms with Crippen LogP contribution in [-0.2, 0) is 9.47 Å². The van der Waals surface area contributed by atoms with Crippen LogP contribution >= 0.6 is 0 Å². The Morgan fingerprint density at radius 3 is 2.55 bits per heavy atom. The molecule has 3 N–H and O–H groups in total. The van der Waals surface area contributed by atoms with Gasteiger partial charge in [-0.05, 0) is 25.7 Å². The number of hydrogen-bond donors (Lipinski definition) is 3. The minimum Gasteiger partial charge on any atom is -0.394 e. The van der Waals surface area contributed by atoms with Crippen LogP contribution in [0.2, 0.25) is 0 Å². The van der Waals surface area contributed by atoms with Crippen LogP contribution in [0.25, 0.3) is 0 Å². The Labute approximate surface area is 133 Å². The molecule has 0 aromatic heterocycles. The van der Waals surface area contributed by atoms with Gasteiger partial charge in [-0.1, -0.05) is 38.3 Å². The highest BCUT2D eigenvalue weighted by molar-refractivity contribution is 4.87. The van der Waals surface area contributed by atoms with Crippen LogP contribution in [0.3, 0.4) is 0 Å². The average molecular weight is 316 g/mol. The number of aliphatic hydroxyl groups is 3. The molecule has 1 aliphatic heterocycles. The molecule has 0 aromatic rings. The maximum absolute atomic E-state index is 9.97. The normalized spacial score (nSPS) is 29.3. The zero-order valence-electron chi connectivity index (χ0n) is 13.7. The molecule has 0 radical (unpaired) electrons. The lowest BCUT2D eigenvalue weighted by atomic mass is 10.0. The second kappa shape index (κ2) is 12.0. The van der Waals surface area contributed by atoms with E-state index in [9.17, 15) is 10.2 Å². The molecular weight excluding hydrogens is 284 g/mol. The average Bonchev–Trinajstić information content (AvgIpc) is 2.52. The maximum Gasteiger partial charge on any atom is 0.114 e. The van der Waals surface area contributed by atoms with Gasteiger partial charge in [-0.3, -0.25) is 0 Å². The van der Waals surface area contributed by atoms with Gasteiger partial charge < -0.3 is 24.8 Å². The molecule has 1 rings (SSSR count). The minimum atomic E-state index is -0.975. The first-order chi connectivity index (χ1) is 10.7. The lowest BCUT2D eigenvalue weighted by Gasteiger charge is -2.37. The van der Waals surface area contributed by atoms with Crippen molar-refractivity contribution in [3.8, 4) is 0 Å². The number of hydrogen-bond acceptors (Lipinski definition) is 5. The number of allylic oxidation sites excluding steroid dienone is 2. The zero-order chi connectivity index (χ0) is 16.2. The van der Waals surface area contributed by atoms with Crippen molar-refractivity contribution in [3.05, 3.63) is 12.2 Å². The third-order valence-electron chi connectivity index (χ3n) is 3.96. The van der Waals surface area contributed by atoms with Crippen LogP contribution < -0.4 is 0 Å². The highest BCUT2D eigenvalue weighted by Crippen LogP contribution is 2.19. The Morgan fingerprint density at radius 2 is 1.82 bits per heavy atom. The summed E-state index contributed by atoms with van der Waals surface area (Å²) in [5.74, 6) is 0. The third kappa shape index (κ3) is 7.20. The van der Waals surface area contributed by atoms with Crippen molar-refractivity contribution in [1.82, 2.24) is 0 Å². The second-order valence-electron chi connectivity index (χ2n) is 5.91. The molecule has 0 bridgehead atoms. The van der Waals surface area contributed by atoms with Gasteiger partial charge in [-0.2, -0.15) is 0 Å². The number of rotatable bonds is 11. The summed E-state index contributed by atoms with van der Waals surface area (Å²) in [5, 5.41) is 28.8. The van der Waals surface area contributed by atoms with Crippen molar-refractivity contribution in [2.45, 2.75) is 76.3 Å². The van der Waals surface area contributed by atoms with Crippen molar-refractivity contribution in [2.24, 2.45) is 0 Å². The highest BCUT2D eigenvalue weighted by Gasteiger charge is 2.38. The van der Waals surface area contributed by atoms with E-state index in [0.717, 1.165) is 25.7 Å². The predicted molar refractivity (Wildman–Crippen MR) is 85.7 cm³/mol. The van der Waals surface area contributed by atoms with E-state index in [1.807, 2.05) is 0 Å². The lowest BCUT2D eigenvalue weighted by molar-refractivity contribution is -0.210. The van der Waals surface area contributed by atoms with E-state index in [2.05, 4.69) is 19.1 Å². The topological polar surface area (TPSA) is 79.2 Å². The van der Waals surface area contributed by atoms with Crippen molar-refractivity contribution in [2.75, 3.05) is 19.8 Å². The first kappa shape index (κ1) is 19.6. The molecule has 0 aliphatic carbocycles. The molecule has 5 heteroatoms. The van der Waals surface area contributed by atoms with Crippen molar-refractivity contribution in [3.63, 3.8) is 0 Å². The lowest BCUT2D eigenvalue weighted by Crippen LogP contribution is -2.55. The highest BCUT2D eigenvalue weighted by atomic mass is 16.6. The molecule has 1 heterocycles. The maximum atomic E-state index is 9.97. The monoisotopic (exact) mass is 316 g/mol. The summed E-state index contributed by atoms with van der Waals surface area (Å²) in [4.78, 5) is 0. The molecule has 0 aromatic carbocycles. The van der Waals surface area contributed by atoms with Crippen LogP contribution in [0.5, 0.6) is 0 Å². The molecule has 4 atom stereocenters. The number of ether oxygens (including phenoxy) is 2. The molecule has 0 saturated carbocycles. The van der Waals surface area contributed by atoms with Crippen LogP contribution in [0.4, 0.5) is 0 Å². The van der Waals surface area contributed by atoms with Crippen LogP contribution in [-0.4, -0.2) is 59.6 Å². The van der Waals surface area contributed by atoms with E-state index in [0.29, 0.717) is 6.61 Å². The summed E-state index contributed by atoms with van der Waals surface area (Å²) >= 11 is 0. The minimum absolute atomic E-state index is 0.0943. The van der Waals surface area contributed by atoms with Crippen LogP contribution in [0.15, 0.2) is 12.2 Å². The Bertz CT molecular complexity index is 295. The number of unbranched alkanes of at least 4 members (excludes halogenated alkanes) is 5. The summed E-state index contributed by atoms with van der Waals surface area (Å²) in [7, 11) is 0. The smallest absolute Gasteiger partial charge is 0.114 e. The van der Waals surface area contributed by atoms with Gasteiger partial charge in [-0.25, -0.2) is 0 Å². The van der Waals surface area contributed by atoms with Gasteiger partial charge in [0.2, 0.25) is 0 Å². The summed E-state index contributed by atoms with van der Waals surface area (Å²) in [6.07, 6.45) is 9.22. The van der Waals surface area contributed by atoms with Gasteiger partial charge in [0, 0.05) is 6.61 Å². The summed E-state index contributed by atoms with van der Waals surface area (Å²) in [6.45, 7) is 2.53. The Morgan fingerprint density at radius 1 is 1.09 bits per heavy atom. The summed E-state index contributed by atoms with van der Waals surface area (Å²) in [5.41, 5.74) is 0. The first-order valence-corrected chi connectivity index (χ1v) is 8.55. The van der Waals surface area contributed by atoms with Crippen LogP contribution in [0, 0.1) is 0 Å². The van der Waals surface area contributed by atoms with Gasteiger partial charge in [0.15, 0.2) is 0 Å². The molecule has 0 unspecified atom stereocenters. The van der Waals surface area contributed by atoms with Gasteiger partial charge in [0.25, 0.3) is 0 Å². The predicted octanol–water partition coefficient (Wildman–Crippen LogP) is 1.79. The van der Waals surface area contributed by atoms with Crippen molar-refractivity contribution >= 4 is 0 Å². The Balaban J connectivity index is 2.06. The second-order valence-corrected chi connectivity index (χ2v) is 5.91. The SMILES string of the molecule is CCC/C=C/CCCCCCO[C@@H]1[C@@H](O)[C@H](CO)OC[C@H]1O. The van der Waals surface area contributed by atoms with E-state index >= 15 is 0 Å². The quantitative estimate of drug-likeness (QED) is 0.400. The Kier molecular flexibility index (Phi) is 10.7. The summed E-state index contributed by atoms with van der Waals surface area (Å²) < 4.78 is 10.7. The molecule has 1 fully saturated rings. The van der Waals surface area contributed by atoms with Gasteiger partial charge in [-0.15, -0.1) is 0 Å². The fraction of sp³-hybridized carbons (Fsp3) is 0.882. The van der Waals surface area contributed by atoms with E-state index in [-0.39, 0.29) is 13.2 Å². The van der Waals surface area contributed by atoms with Gasteiger partial charge in [0.05, 0.1) is 13.2 Å².